The van der Waals surface area contributed by atoms with E-state index < -0.39 is 0 Å². The maximum Gasteiger partial charge on any atom is 0.231 e. The molecule has 5 nitrogen and oxygen atoms in total. The Balaban J connectivity index is 1.67. The van der Waals surface area contributed by atoms with E-state index in [1.54, 1.807) is 12.2 Å². The molecule has 1 aliphatic carbocycles. The van der Waals surface area contributed by atoms with E-state index in [0.29, 0.717) is 25.4 Å². The summed E-state index contributed by atoms with van der Waals surface area (Å²) in [6.07, 6.45) is 13.0. The zero-order chi connectivity index (χ0) is 21.1. The lowest BCUT2D eigenvalue weighted by molar-refractivity contribution is -0.118. The first kappa shape index (κ1) is 20.2. The predicted octanol–water partition coefficient (Wildman–Crippen LogP) is 4.16. The van der Waals surface area contributed by atoms with Gasteiger partial charge in [0.25, 0.3) is 0 Å². The summed E-state index contributed by atoms with van der Waals surface area (Å²) in [5.74, 6) is 0.158. The van der Waals surface area contributed by atoms with Gasteiger partial charge in [-0.3, -0.25) is 14.5 Å². The summed E-state index contributed by atoms with van der Waals surface area (Å²) in [6.45, 7) is 3.55. The SMILES string of the molecule is CC1CC(CC(=O)N2CC=CC=C3CC(=O)C=CC3=Nc3ccccc32)=CCN1C. The van der Waals surface area contributed by atoms with Gasteiger partial charge >= 0.3 is 0 Å². The number of hydrogen-bond donors (Lipinski definition) is 0. The molecule has 0 aromatic heterocycles. The van der Waals surface area contributed by atoms with Crippen molar-refractivity contribution in [3.8, 4) is 0 Å². The van der Waals surface area contributed by atoms with E-state index in [-0.39, 0.29) is 11.7 Å². The van der Waals surface area contributed by atoms with Gasteiger partial charge in [0.15, 0.2) is 5.78 Å². The summed E-state index contributed by atoms with van der Waals surface area (Å²) in [7, 11) is 2.11. The van der Waals surface area contributed by atoms with E-state index in [9.17, 15) is 9.59 Å². The third kappa shape index (κ3) is 4.41. The van der Waals surface area contributed by atoms with Crippen molar-refractivity contribution in [2.45, 2.75) is 32.2 Å². The lowest BCUT2D eigenvalue weighted by Gasteiger charge is -2.30. The van der Waals surface area contributed by atoms with Crippen molar-refractivity contribution in [2.24, 2.45) is 4.99 Å². The second-order valence-electron chi connectivity index (χ2n) is 8.12. The number of aliphatic imine (C=N–C) groups is 1. The zero-order valence-electron chi connectivity index (χ0n) is 17.5. The van der Waals surface area contributed by atoms with Crippen LogP contribution in [0.5, 0.6) is 0 Å². The average molecular weight is 402 g/mol. The number of hydrogen-bond acceptors (Lipinski definition) is 4. The number of fused-ring (bicyclic) bond motifs is 2. The van der Waals surface area contributed by atoms with Gasteiger partial charge in [0.1, 0.15) is 0 Å². The van der Waals surface area contributed by atoms with Crippen LogP contribution in [0.3, 0.4) is 0 Å². The van der Waals surface area contributed by atoms with Crippen molar-refractivity contribution in [2.75, 3.05) is 25.0 Å². The summed E-state index contributed by atoms with van der Waals surface area (Å²) in [4.78, 5) is 34.1. The molecule has 4 rings (SSSR count). The number of carbonyl (C=O) groups excluding carboxylic acids is 2. The molecule has 2 heterocycles. The first-order valence-electron chi connectivity index (χ1n) is 10.4. The van der Waals surface area contributed by atoms with Crippen LogP contribution in [0.2, 0.25) is 0 Å². The highest BCUT2D eigenvalue weighted by atomic mass is 16.2. The summed E-state index contributed by atoms with van der Waals surface area (Å²) in [5, 5.41) is 0. The Kier molecular flexibility index (Phi) is 5.91. The van der Waals surface area contributed by atoms with Crippen LogP contribution >= 0.6 is 0 Å². The minimum atomic E-state index is 0.0782. The number of carbonyl (C=O) groups is 2. The summed E-state index contributed by atoms with van der Waals surface area (Å²) in [5.41, 5.74) is 4.41. The Morgan fingerprint density at radius 2 is 2.03 bits per heavy atom. The van der Waals surface area contributed by atoms with Gasteiger partial charge in [0.05, 0.1) is 17.1 Å². The minimum Gasteiger partial charge on any atom is -0.306 e. The smallest absolute Gasteiger partial charge is 0.231 e. The number of anilines is 1. The second-order valence-corrected chi connectivity index (χ2v) is 8.12. The van der Waals surface area contributed by atoms with Gasteiger partial charge in [-0.15, -0.1) is 0 Å². The molecule has 0 fully saturated rings. The lowest BCUT2D eigenvalue weighted by atomic mass is 9.97. The summed E-state index contributed by atoms with van der Waals surface area (Å²) >= 11 is 0. The van der Waals surface area contributed by atoms with E-state index >= 15 is 0 Å². The Labute approximate surface area is 177 Å². The van der Waals surface area contributed by atoms with E-state index in [4.69, 9.17) is 4.99 Å². The van der Waals surface area contributed by atoms with Gasteiger partial charge in [-0.2, -0.15) is 0 Å². The minimum absolute atomic E-state index is 0.0782. The van der Waals surface area contributed by atoms with Crippen molar-refractivity contribution in [1.29, 1.82) is 0 Å². The number of likely N-dealkylation sites (N-methyl/N-ethyl adjacent to an activating group) is 1. The van der Waals surface area contributed by atoms with Gasteiger partial charge < -0.3 is 4.90 Å². The van der Waals surface area contributed by atoms with Gasteiger partial charge in [-0.25, -0.2) is 4.99 Å². The molecule has 0 saturated heterocycles. The largest absolute Gasteiger partial charge is 0.306 e. The van der Waals surface area contributed by atoms with Crippen LogP contribution in [-0.2, 0) is 9.59 Å². The van der Waals surface area contributed by atoms with Crippen molar-refractivity contribution in [3.05, 3.63) is 71.9 Å². The van der Waals surface area contributed by atoms with Gasteiger partial charge in [-0.05, 0) is 50.3 Å². The molecule has 1 unspecified atom stereocenters. The van der Waals surface area contributed by atoms with Gasteiger partial charge in [-0.1, -0.05) is 42.0 Å². The molecule has 0 saturated carbocycles. The number of rotatable bonds is 2. The maximum atomic E-state index is 13.3. The number of nitrogens with zero attached hydrogens (tertiary/aromatic N) is 3. The van der Waals surface area contributed by atoms with Crippen molar-refractivity contribution in [1.82, 2.24) is 4.90 Å². The molecule has 0 radical (unpaired) electrons. The Hall–Kier alpha value is -3.05. The van der Waals surface area contributed by atoms with E-state index in [1.807, 2.05) is 47.4 Å². The molecular formula is C25H27N3O2. The molecule has 1 aromatic rings. The first-order chi connectivity index (χ1) is 14.5. The predicted molar refractivity (Wildman–Crippen MR) is 121 cm³/mol. The molecule has 1 amide bonds. The van der Waals surface area contributed by atoms with Crippen molar-refractivity contribution >= 4 is 28.8 Å². The number of amides is 1. The summed E-state index contributed by atoms with van der Waals surface area (Å²) in [6, 6.07) is 8.17. The number of benzene rings is 1. The molecule has 1 aromatic carbocycles. The molecule has 30 heavy (non-hydrogen) atoms. The standard InChI is InChI=1S/C25H27N3O2/c1-18-15-19(12-14-27(18)2)16-25(30)28-13-6-5-7-20-17-21(29)10-11-22(20)26-23-8-3-4-9-24(23)28/h3-12,18H,13-17H2,1-2H3. The normalized spacial score (nSPS) is 21.9. The fraction of sp³-hybridized carbons (Fsp3) is 0.320. The molecular weight excluding hydrogens is 374 g/mol. The first-order valence-corrected chi connectivity index (χ1v) is 10.4. The van der Waals surface area contributed by atoms with Crippen LogP contribution in [0.25, 0.3) is 0 Å². The van der Waals surface area contributed by atoms with E-state index in [2.05, 4.69) is 24.9 Å². The lowest BCUT2D eigenvalue weighted by Crippen LogP contribution is -2.35. The Morgan fingerprint density at radius 3 is 2.87 bits per heavy atom. The number of ketones is 1. The molecule has 3 aliphatic rings. The molecule has 0 N–H and O–H groups in total. The number of allylic oxidation sites excluding steroid dienone is 5. The highest BCUT2D eigenvalue weighted by Gasteiger charge is 2.23. The average Bonchev–Trinajstić information content (AvgIpc) is 2.73. The van der Waals surface area contributed by atoms with Crippen LogP contribution < -0.4 is 4.90 Å². The topological polar surface area (TPSA) is 53.0 Å². The Morgan fingerprint density at radius 1 is 1.20 bits per heavy atom. The van der Waals surface area contributed by atoms with Crippen LogP contribution in [0, 0.1) is 0 Å². The van der Waals surface area contributed by atoms with Crippen molar-refractivity contribution in [3.63, 3.8) is 0 Å². The quantitative estimate of drug-likeness (QED) is 0.700. The van der Waals surface area contributed by atoms with Crippen LogP contribution in [0.15, 0.2) is 76.9 Å². The molecule has 0 spiro atoms. The van der Waals surface area contributed by atoms with Gasteiger partial charge in [0, 0.05) is 32.0 Å². The zero-order valence-corrected chi connectivity index (χ0v) is 17.5. The van der Waals surface area contributed by atoms with E-state index in [1.165, 1.54) is 5.57 Å². The molecule has 154 valence electrons. The fourth-order valence-electron chi connectivity index (χ4n) is 3.98. The monoisotopic (exact) mass is 401 g/mol. The van der Waals surface area contributed by atoms with Crippen LogP contribution in [0.4, 0.5) is 11.4 Å². The molecule has 1 atom stereocenters. The Bertz CT molecular complexity index is 1010. The molecule has 2 aliphatic heterocycles. The summed E-state index contributed by atoms with van der Waals surface area (Å²) < 4.78 is 0. The highest BCUT2D eigenvalue weighted by Crippen LogP contribution is 2.32. The third-order valence-electron chi connectivity index (χ3n) is 5.91. The van der Waals surface area contributed by atoms with E-state index in [0.717, 1.165) is 35.6 Å². The fourth-order valence-corrected chi connectivity index (χ4v) is 3.98. The van der Waals surface area contributed by atoms with Gasteiger partial charge in [0.2, 0.25) is 5.91 Å². The molecule has 0 bridgehead atoms. The molecule has 5 heteroatoms. The highest BCUT2D eigenvalue weighted by molar-refractivity contribution is 6.19. The van der Waals surface area contributed by atoms with Crippen LogP contribution in [-0.4, -0.2) is 48.5 Å². The van der Waals surface area contributed by atoms with Crippen molar-refractivity contribution < 1.29 is 9.59 Å². The number of para-hydroxylation sites is 2. The van der Waals surface area contributed by atoms with Crippen LogP contribution in [0.1, 0.15) is 26.2 Å². The maximum absolute atomic E-state index is 13.3. The third-order valence-corrected chi connectivity index (χ3v) is 5.91. The second kappa shape index (κ2) is 8.76.